The van der Waals surface area contributed by atoms with E-state index in [2.05, 4.69) is 9.82 Å². The lowest BCUT2D eigenvalue weighted by Crippen LogP contribution is -2.26. The zero-order valence-electron chi connectivity index (χ0n) is 11.4. The fourth-order valence-corrected chi connectivity index (χ4v) is 3.24. The number of benzene rings is 1. The summed E-state index contributed by atoms with van der Waals surface area (Å²) >= 11 is 5.90. The normalized spacial score (nSPS) is 13.3. The lowest BCUT2D eigenvalue weighted by molar-refractivity contribution is 0.269. The molecule has 0 saturated carbocycles. The van der Waals surface area contributed by atoms with E-state index >= 15 is 0 Å². The average molecular weight is 330 g/mol. The maximum atomic E-state index is 12.3. The van der Waals surface area contributed by atoms with Gasteiger partial charge >= 0.3 is 0 Å². The van der Waals surface area contributed by atoms with Gasteiger partial charge < -0.3 is 5.11 Å². The van der Waals surface area contributed by atoms with Crippen molar-refractivity contribution in [3.05, 3.63) is 47.2 Å². The Morgan fingerprint density at radius 1 is 1.48 bits per heavy atom. The summed E-state index contributed by atoms with van der Waals surface area (Å²) in [6, 6.07) is 6.58. The number of nitrogens with zero attached hydrogens (tertiary/aromatic N) is 2. The number of aliphatic hydroxyl groups excluding tert-OH is 1. The molecule has 0 aliphatic carbocycles. The van der Waals surface area contributed by atoms with Gasteiger partial charge in [0.15, 0.2) is 0 Å². The van der Waals surface area contributed by atoms with Crippen LogP contribution in [0.2, 0.25) is 5.02 Å². The van der Waals surface area contributed by atoms with Crippen LogP contribution in [0.15, 0.2) is 41.6 Å². The molecule has 0 amide bonds. The van der Waals surface area contributed by atoms with Crippen molar-refractivity contribution >= 4 is 21.6 Å². The number of hydrogen-bond acceptors (Lipinski definition) is 4. The van der Waals surface area contributed by atoms with Gasteiger partial charge in [-0.1, -0.05) is 23.7 Å². The lowest BCUT2D eigenvalue weighted by Gasteiger charge is -2.14. The molecular formula is C13H16ClN3O3S. The molecule has 1 heterocycles. The highest BCUT2D eigenvalue weighted by molar-refractivity contribution is 7.89. The van der Waals surface area contributed by atoms with Crippen LogP contribution in [0.4, 0.5) is 0 Å². The molecule has 0 bridgehead atoms. The van der Waals surface area contributed by atoms with Crippen molar-refractivity contribution < 1.29 is 13.5 Å². The summed E-state index contributed by atoms with van der Waals surface area (Å²) in [5.41, 5.74) is 0.772. The van der Waals surface area contributed by atoms with Gasteiger partial charge in [-0.2, -0.15) is 5.10 Å². The highest BCUT2D eigenvalue weighted by Crippen LogP contribution is 2.19. The second-order valence-corrected chi connectivity index (χ2v) is 6.71. The standard InChI is InChI=1S/C13H16ClN3O3S/c1-10(11-3-2-4-12(14)7-11)16-21(19,20)13-8-15-17(9-13)5-6-18/h2-4,7-10,16,18H,5-6H2,1H3. The van der Waals surface area contributed by atoms with Gasteiger partial charge in [0.1, 0.15) is 4.90 Å². The maximum absolute atomic E-state index is 12.3. The summed E-state index contributed by atoms with van der Waals surface area (Å²) in [6.07, 6.45) is 2.63. The van der Waals surface area contributed by atoms with Gasteiger partial charge in [0, 0.05) is 17.3 Å². The predicted octanol–water partition coefficient (Wildman–Crippen LogP) is 1.57. The highest BCUT2D eigenvalue weighted by Gasteiger charge is 2.20. The number of sulfonamides is 1. The molecule has 6 nitrogen and oxygen atoms in total. The number of nitrogens with one attached hydrogen (secondary N) is 1. The highest BCUT2D eigenvalue weighted by atomic mass is 35.5. The Bertz CT molecular complexity index is 715. The van der Waals surface area contributed by atoms with Crippen LogP contribution >= 0.6 is 11.6 Å². The molecule has 2 N–H and O–H groups in total. The maximum Gasteiger partial charge on any atom is 0.244 e. The van der Waals surface area contributed by atoms with Gasteiger partial charge in [-0.05, 0) is 24.6 Å². The van der Waals surface area contributed by atoms with Gasteiger partial charge in [-0.25, -0.2) is 13.1 Å². The molecule has 1 atom stereocenters. The Kier molecular flexibility index (Phi) is 5.00. The molecule has 114 valence electrons. The van der Waals surface area contributed by atoms with Crippen LogP contribution < -0.4 is 4.72 Å². The van der Waals surface area contributed by atoms with Crippen LogP contribution in [0.3, 0.4) is 0 Å². The van der Waals surface area contributed by atoms with Gasteiger partial charge in [-0.15, -0.1) is 0 Å². The molecular weight excluding hydrogens is 314 g/mol. The van der Waals surface area contributed by atoms with E-state index in [0.717, 1.165) is 5.56 Å². The first-order valence-corrected chi connectivity index (χ1v) is 8.19. The number of aromatic nitrogens is 2. The largest absolute Gasteiger partial charge is 0.394 e. The quantitative estimate of drug-likeness (QED) is 0.842. The molecule has 2 rings (SSSR count). The van der Waals surface area contributed by atoms with Crippen molar-refractivity contribution in [2.75, 3.05) is 6.61 Å². The Labute approximate surface area is 128 Å². The average Bonchev–Trinajstić information content (AvgIpc) is 2.88. The molecule has 0 spiro atoms. The number of halogens is 1. The van der Waals surface area contributed by atoms with Crippen LogP contribution in [-0.2, 0) is 16.6 Å². The van der Waals surface area contributed by atoms with E-state index in [1.807, 2.05) is 0 Å². The Morgan fingerprint density at radius 2 is 2.24 bits per heavy atom. The van der Waals surface area contributed by atoms with E-state index < -0.39 is 16.1 Å². The molecule has 0 saturated heterocycles. The lowest BCUT2D eigenvalue weighted by atomic mass is 10.1. The van der Waals surface area contributed by atoms with Crippen molar-refractivity contribution in [1.82, 2.24) is 14.5 Å². The van der Waals surface area contributed by atoms with Gasteiger partial charge in [-0.3, -0.25) is 4.68 Å². The molecule has 1 aromatic heterocycles. The Hall–Kier alpha value is -1.41. The second-order valence-electron chi connectivity index (χ2n) is 4.56. The van der Waals surface area contributed by atoms with E-state index in [1.165, 1.54) is 17.1 Å². The number of rotatable bonds is 6. The summed E-state index contributed by atoms with van der Waals surface area (Å²) in [4.78, 5) is 0.0600. The van der Waals surface area contributed by atoms with E-state index in [0.29, 0.717) is 5.02 Å². The first-order chi connectivity index (χ1) is 9.92. The van der Waals surface area contributed by atoms with E-state index in [4.69, 9.17) is 16.7 Å². The van der Waals surface area contributed by atoms with Crippen LogP contribution in [0.5, 0.6) is 0 Å². The van der Waals surface area contributed by atoms with Crippen LogP contribution in [0, 0.1) is 0 Å². The van der Waals surface area contributed by atoms with Gasteiger partial charge in [0.05, 0.1) is 19.3 Å². The smallest absolute Gasteiger partial charge is 0.244 e. The minimum absolute atomic E-state index is 0.0600. The summed E-state index contributed by atoms with van der Waals surface area (Å²) in [7, 11) is -3.68. The van der Waals surface area contributed by atoms with E-state index in [1.54, 1.807) is 31.2 Å². The summed E-state index contributed by atoms with van der Waals surface area (Å²) in [5.74, 6) is 0. The van der Waals surface area contributed by atoms with Crippen molar-refractivity contribution in [2.45, 2.75) is 24.4 Å². The van der Waals surface area contributed by atoms with Crippen molar-refractivity contribution in [2.24, 2.45) is 0 Å². The summed E-state index contributed by atoms with van der Waals surface area (Å²) < 4.78 is 28.5. The first-order valence-electron chi connectivity index (χ1n) is 6.33. The summed E-state index contributed by atoms with van der Waals surface area (Å²) in [6.45, 7) is 1.88. The Balaban J connectivity index is 2.16. The molecule has 1 unspecified atom stereocenters. The minimum atomic E-state index is -3.68. The number of aliphatic hydroxyl groups is 1. The molecule has 1 aromatic carbocycles. The van der Waals surface area contributed by atoms with Crippen molar-refractivity contribution in [3.63, 3.8) is 0 Å². The zero-order chi connectivity index (χ0) is 15.5. The topological polar surface area (TPSA) is 84.2 Å². The van der Waals surface area contributed by atoms with E-state index in [-0.39, 0.29) is 18.0 Å². The third-order valence-corrected chi connectivity index (χ3v) is 4.66. The molecule has 0 aliphatic rings. The second kappa shape index (κ2) is 6.57. The number of hydrogen-bond donors (Lipinski definition) is 2. The third-order valence-electron chi connectivity index (χ3n) is 2.93. The first kappa shape index (κ1) is 16.0. The molecule has 21 heavy (non-hydrogen) atoms. The van der Waals surface area contributed by atoms with Crippen LogP contribution in [0.1, 0.15) is 18.5 Å². The SMILES string of the molecule is CC(NS(=O)(=O)c1cnn(CCO)c1)c1cccc(Cl)c1. The molecule has 8 heteroatoms. The summed E-state index contributed by atoms with van der Waals surface area (Å²) in [5, 5.41) is 13.2. The fraction of sp³-hybridized carbons (Fsp3) is 0.308. The van der Waals surface area contributed by atoms with Crippen LogP contribution in [-0.4, -0.2) is 29.9 Å². The molecule has 0 fully saturated rings. The van der Waals surface area contributed by atoms with Crippen molar-refractivity contribution in [3.8, 4) is 0 Å². The zero-order valence-corrected chi connectivity index (χ0v) is 13.0. The fourth-order valence-electron chi connectivity index (χ4n) is 1.85. The monoisotopic (exact) mass is 329 g/mol. The molecule has 0 radical (unpaired) electrons. The van der Waals surface area contributed by atoms with Gasteiger partial charge in [0.2, 0.25) is 10.0 Å². The molecule has 0 aliphatic heterocycles. The van der Waals surface area contributed by atoms with Crippen LogP contribution in [0.25, 0.3) is 0 Å². The van der Waals surface area contributed by atoms with Crippen molar-refractivity contribution in [1.29, 1.82) is 0 Å². The van der Waals surface area contributed by atoms with Gasteiger partial charge in [0.25, 0.3) is 0 Å². The predicted molar refractivity (Wildman–Crippen MR) is 79.5 cm³/mol. The third kappa shape index (κ3) is 4.04. The molecule has 2 aromatic rings. The minimum Gasteiger partial charge on any atom is -0.394 e. The van der Waals surface area contributed by atoms with E-state index in [9.17, 15) is 8.42 Å². The Morgan fingerprint density at radius 3 is 2.90 bits per heavy atom.